The van der Waals surface area contributed by atoms with Gasteiger partial charge in [-0.15, -0.1) is 0 Å². The van der Waals surface area contributed by atoms with E-state index < -0.39 is 0 Å². The van der Waals surface area contributed by atoms with Gasteiger partial charge in [0.15, 0.2) is 5.82 Å². The van der Waals surface area contributed by atoms with Gasteiger partial charge in [-0.2, -0.15) is 0 Å². The lowest BCUT2D eigenvalue weighted by atomic mass is 10.3. The number of hydrogen-bond acceptors (Lipinski definition) is 6. The standard InChI is InChI=1S/C17H26N6O/c1-14-13-22(8-4-10-24-14)7-3-5-20-16-11-18-12-17(21-16)23-9-6-19-15(23)2/h6,9,11-12,14H,3-5,7-8,10,13H2,1-2H3,(H,20,21). The minimum atomic E-state index is 0.335. The van der Waals surface area contributed by atoms with E-state index in [-0.39, 0.29) is 0 Å². The van der Waals surface area contributed by atoms with Crippen LogP contribution in [0.15, 0.2) is 24.8 Å². The lowest BCUT2D eigenvalue weighted by molar-refractivity contribution is 0.0677. The van der Waals surface area contributed by atoms with Gasteiger partial charge in [-0.1, -0.05) is 0 Å². The summed E-state index contributed by atoms with van der Waals surface area (Å²) in [5.41, 5.74) is 0. The van der Waals surface area contributed by atoms with Gasteiger partial charge in [0.2, 0.25) is 0 Å². The normalized spacial score (nSPS) is 19.2. The fourth-order valence-electron chi connectivity index (χ4n) is 2.98. The zero-order valence-corrected chi connectivity index (χ0v) is 14.5. The first kappa shape index (κ1) is 16.9. The SMILES string of the molecule is Cc1nccn1-c1cncc(NCCCN2CCCOC(C)C2)n1. The Morgan fingerprint density at radius 3 is 3.12 bits per heavy atom. The molecule has 1 aliphatic rings. The Kier molecular flexibility index (Phi) is 5.77. The number of rotatable bonds is 6. The first-order valence-corrected chi connectivity index (χ1v) is 8.62. The quantitative estimate of drug-likeness (QED) is 0.816. The molecule has 0 bridgehead atoms. The number of hydrogen-bond donors (Lipinski definition) is 1. The molecule has 0 saturated carbocycles. The Morgan fingerprint density at radius 2 is 2.29 bits per heavy atom. The number of nitrogens with one attached hydrogen (secondary N) is 1. The molecule has 0 aromatic carbocycles. The van der Waals surface area contributed by atoms with Crippen molar-refractivity contribution in [2.75, 3.05) is 38.1 Å². The largest absolute Gasteiger partial charge is 0.377 e. The number of nitrogens with zero attached hydrogens (tertiary/aromatic N) is 5. The van der Waals surface area contributed by atoms with E-state index in [0.29, 0.717) is 6.10 Å². The first-order valence-electron chi connectivity index (χ1n) is 8.62. The Hall–Kier alpha value is -1.99. The summed E-state index contributed by atoms with van der Waals surface area (Å²) < 4.78 is 7.61. The maximum atomic E-state index is 5.68. The number of ether oxygens (including phenoxy) is 1. The van der Waals surface area contributed by atoms with Gasteiger partial charge in [0.25, 0.3) is 0 Å². The van der Waals surface area contributed by atoms with Crippen molar-refractivity contribution >= 4 is 5.82 Å². The summed E-state index contributed by atoms with van der Waals surface area (Å²) in [7, 11) is 0. The lowest BCUT2D eigenvalue weighted by Gasteiger charge is -2.21. The van der Waals surface area contributed by atoms with Crippen LogP contribution in [0.1, 0.15) is 25.6 Å². The molecule has 1 saturated heterocycles. The summed E-state index contributed by atoms with van der Waals surface area (Å²) in [5.74, 6) is 2.49. The molecular weight excluding hydrogens is 304 g/mol. The predicted molar refractivity (Wildman–Crippen MR) is 93.5 cm³/mol. The molecule has 7 heteroatoms. The Morgan fingerprint density at radius 1 is 1.38 bits per heavy atom. The van der Waals surface area contributed by atoms with Crippen LogP contribution in [0.2, 0.25) is 0 Å². The van der Waals surface area contributed by atoms with E-state index in [1.54, 1.807) is 18.6 Å². The van der Waals surface area contributed by atoms with E-state index in [0.717, 1.165) is 63.1 Å². The summed E-state index contributed by atoms with van der Waals surface area (Å²) >= 11 is 0. The molecule has 1 atom stereocenters. The molecular formula is C17H26N6O. The first-order chi connectivity index (χ1) is 11.7. The summed E-state index contributed by atoms with van der Waals surface area (Å²) in [5, 5.41) is 3.37. The third kappa shape index (κ3) is 4.52. The molecule has 0 radical (unpaired) electrons. The van der Waals surface area contributed by atoms with Gasteiger partial charge in [0.05, 0.1) is 18.5 Å². The van der Waals surface area contributed by atoms with Crippen LogP contribution in [0.25, 0.3) is 5.82 Å². The van der Waals surface area contributed by atoms with Gasteiger partial charge >= 0.3 is 0 Å². The highest BCUT2D eigenvalue weighted by Gasteiger charge is 2.14. The summed E-state index contributed by atoms with van der Waals surface area (Å²) in [4.78, 5) is 15.6. The number of aromatic nitrogens is 4. The molecule has 0 spiro atoms. The van der Waals surface area contributed by atoms with E-state index in [1.165, 1.54) is 0 Å². The van der Waals surface area contributed by atoms with Gasteiger partial charge in [0.1, 0.15) is 11.6 Å². The molecule has 0 amide bonds. The fraction of sp³-hybridized carbons (Fsp3) is 0.588. The van der Waals surface area contributed by atoms with Crippen LogP contribution in [0.5, 0.6) is 0 Å². The van der Waals surface area contributed by atoms with E-state index in [2.05, 4.69) is 32.1 Å². The number of aryl methyl sites for hydroxylation is 1. The minimum Gasteiger partial charge on any atom is -0.377 e. The highest BCUT2D eigenvalue weighted by molar-refractivity contribution is 5.36. The molecule has 1 unspecified atom stereocenters. The maximum absolute atomic E-state index is 5.68. The van der Waals surface area contributed by atoms with Crippen LogP contribution in [-0.4, -0.2) is 63.3 Å². The van der Waals surface area contributed by atoms with Crippen molar-refractivity contribution < 1.29 is 4.74 Å². The molecule has 130 valence electrons. The number of anilines is 1. The van der Waals surface area contributed by atoms with E-state index in [4.69, 9.17) is 4.74 Å². The van der Waals surface area contributed by atoms with Crippen molar-refractivity contribution in [3.63, 3.8) is 0 Å². The zero-order chi connectivity index (χ0) is 16.8. The molecule has 0 aliphatic carbocycles. The topological polar surface area (TPSA) is 68.1 Å². The number of imidazole rings is 1. The van der Waals surface area contributed by atoms with Gasteiger partial charge in [0, 0.05) is 38.6 Å². The second-order valence-electron chi connectivity index (χ2n) is 6.22. The van der Waals surface area contributed by atoms with E-state index >= 15 is 0 Å². The zero-order valence-electron chi connectivity index (χ0n) is 14.5. The van der Waals surface area contributed by atoms with Gasteiger partial charge in [-0.05, 0) is 33.2 Å². The van der Waals surface area contributed by atoms with Crippen LogP contribution < -0.4 is 5.32 Å². The molecule has 2 aromatic heterocycles. The highest BCUT2D eigenvalue weighted by Crippen LogP contribution is 2.10. The third-order valence-electron chi connectivity index (χ3n) is 4.19. The molecule has 1 fully saturated rings. The smallest absolute Gasteiger partial charge is 0.159 e. The van der Waals surface area contributed by atoms with Crippen molar-refractivity contribution in [2.45, 2.75) is 32.8 Å². The van der Waals surface area contributed by atoms with Crippen LogP contribution in [0.3, 0.4) is 0 Å². The summed E-state index contributed by atoms with van der Waals surface area (Å²) in [6, 6.07) is 0. The predicted octanol–water partition coefficient (Wildman–Crippen LogP) is 1.88. The van der Waals surface area contributed by atoms with Crippen LogP contribution in [0.4, 0.5) is 5.82 Å². The van der Waals surface area contributed by atoms with Gasteiger partial charge in [-0.3, -0.25) is 9.55 Å². The van der Waals surface area contributed by atoms with Crippen LogP contribution in [-0.2, 0) is 4.74 Å². The molecule has 24 heavy (non-hydrogen) atoms. The van der Waals surface area contributed by atoms with Gasteiger partial charge in [-0.25, -0.2) is 9.97 Å². The van der Waals surface area contributed by atoms with Gasteiger partial charge < -0.3 is 15.0 Å². The van der Waals surface area contributed by atoms with E-state index in [1.807, 2.05) is 17.7 Å². The summed E-state index contributed by atoms with van der Waals surface area (Å²) in [6.07, 6.45) is 9.70. The summed E-state index contributed by atoms with van der Waals surface area (Å²) in [6.45, 7) is 9.09. The second-order valence-corrected chi connectivity index (χ2v) is 6.22. The van der Waals surface area contributed by atoms with Crippen LogP contribution >= 0.6 is 0 Å². The molecule has 2 aromatic rings. The average Bonchev–Trinajstić information content (AvgIpc) is 2.90. The van der Waals surface area contributed by atoms with Crippen LogP contribution in [0, 0.1) is 6.92 Å². The Balaban J connectivity index is 1.48. The maximum Gasteiger partial charge on any atom is 0.159 e. The molecule has 3 rings (SSSR count). The van der Waals surface area contributed by atoms with Crippen molar-refractivity contribution in [3.05, 3.63) is 30.6 Å². The minimum absolute atomic E-state index is 0.335. The van der Waals surface area contributed by atoms with E-state index in [9.17, 15) is 0 Å². The van der Waals surface area contributed by atoms with Crippen molar-refractivity contribution in [3.8, 4) is 5.82 Å². The second kappa shape index (κ2) is 8.21. The highest BCUT2D eigenvalue weighted by atomic mass is 16.5. The van der Waals surface area contributed by atoms with Crippen molar-refractivity contribution in [1.29, 1.82) is 0 Å². The monoisotopic (exact) mass is 330 g/mol. The fourth-order valence-corrected chi connectivity index (χ4v) is 2.98. The Bertz CT molecular complexity index is 644. The van der Waals surface area contributed by atoms with Crippen molar-refractivity contribution in [2.24, 2.45) is 0 Å². The van der Waals surface area contributed by atoms with Crippen molar-refractivity contribution in [1.82, 2.24) is 24.4 Å². The average molecular weight is 330 g/mol. The third-order valence-corrected chi connectivity index (χ3v) is 4.19. The Labute approximate surface area is 143 Å². The molecule has 1 aliphatic heterocycles. The molecule has 1 N–H and O–H groups in total. The molecule has 3 heterocycles. The molecule has 7 nitrogen and oxygen atoms in total. The lowest BCUT2D eigenvalue weighted by Crippen LogP contribution is -2.32.